The molecule has 1 amide bonds. The maximum Gasteiger partial charge on any atom is 0.240 e. The largest absolute Gasteiger partial charge is 0.356 e. The first-order valence-corrected chi connectivity index (χ1v) is 13.2. The number of aromatic nitrogens is 2. The lowest BCUT2D eigenvalue weighted by molar-refractivity contribution is -0.126. The van der Waals surface area contributed by atoms with E-state index in [2.05, 4.69) is 33.9 Å². The molecule has 3 N–H and O–H groups in total. The Morgan fingerprint density at radius 2 is 1.82 bits per heavy atom. The predicted molar refractivity (Wildman–Crippen MR) is 130 cm³/mol. The highest BCUT2D eigenvalue weighted by molar-refractivity contribution is 7.89. The maximum atomic E-state index is 13.0. The molecule has 1 saturated carbocycles. The Balaban J connectivity index is 1.37. The van der Waals surface area contributed by atoms with E-state index in [0.717, 1.165) is 17.5 Å². The summed E-state index contributed by atoms with van der Waals surface area (Å²) in [6, 6.07) is 14.5. The van der Waals surface area contributed by atoms with Crippen molar-refractivity contribution in [1.82, 2.24) is 20.0 Å². The summed E-state index contributed by atoms with van der Waals surface area (Å²) in [5.74, 6) is 1.32. The van der Waals surface area contributed by atoms with Gasteiger partial charge in [-0.05, 0) is 56.2 Å². The molecule has 1 aliphatic carbocycles. The van der Waals surface area contributed by atoms with Gasteiger partial charge in [0.15, 0.2) is 0 Å². The van der Waals surface area contributed by atoms with E-state index in [1.165, 1.54) is 0 Å². The molecule has 0 atom stereocenters. The zero-order valence-corrected chi connectivity index (χ0v) is 20.0. The normalized spacial score (nSPS) is 19.1. The van der Waals surface area contributed by atoms with Gasteiger partial charge in [0.25, 0.3) is 0 Å². The molecule has 4 rings (SSSR count). The smallest absolute Gasteiger partial charge is 0.240 e. The number of amides is 1. The molecule has 0 saturated heterocycles. The fourth-order valence-electron chi connectivity index (χ4n) is 4.27. The molecule has 8 heteroatoms. The van der Waals surface area contributed by atoms with Gasteiger partial charge >= 0.3 is 0 Å². The molecule has 7 nitrogen and oxygen atoms in total. The van der Waals surface area contributed by atoms with Gasteiger partial charge in [-0.2, -0.15) is 0 Å². The van der Waals surface area contributed by atoms with Crippen LogP contribution >= 0.6 is 0 Å². The van der Waals surface area contributed by atoms with Crippen molar-refractivity contribution >= 4 is 27.0 Å². The molecule has 1 aromatic heterocycles. The molecular formula is C25H32N4O3S. The van der Waals surface area contributed by atoms with Crippen LogP contribution in [0.25, 0.3) is 22.4 Å². The third kappa shape index (κ3) is 5.81. The lowest BCUT2D eigenvalue weighted by Gasteiger charge is -2.28. The number of benzene rings is 2. The predicted octanol–water partition coefficient (Wildman–Crippen LogP) is 4.23. The zero-order chi connectivity index (χ0) is 23.4. The number of nitrogens with one attached hydrogen (secondary N) is 3. The van der Waals surface area contributed by atoms with Crippen molar-refractivity contribution in [3.05, 3.63) is 48.5 Å². The van der Waals surface area contributed by atoms with Crippen molar-refractivity contribution in [1.29, 1.82) is 0 Å². The van der Waals surface area contributed by atoms with Crippen molar-refractivity contribution in [2.75, 3.05) is 6.54 Å². The van der Waals surface area contributed by atoms with E-state index in [9.17, 15) is 13.2 Å². The van der Waals surface area contributed by atoms with Crippen molar-refractivity contribution in [3.8, 4) is 11.4 Å². The summed E-state index contributed by atoms with van der Waals surface area (Å²) < 4.78 is 28.9. The van der Waals surface area contributed by atoms with Gasteiger partial charge < -0.3 is 10.3 Å². The molecule has 0 bridgehead atoms. The summed E-state index contributed by atoms with van der Waals surface area (Å²) in [4.78, 5) is 20.4. The van der Waals surface area contributed by atoms with Gasteiger partial charge in [-0.25, -0.2) is 18.1 Å². The standard InChI is InChI=1S/C25H32N4O3S/c1-17(2)14-15-26-25(30)19-8-10-20(11-9-19)29-33(31,32)21-12-13-22-23(16-21)28-24(27-22)18-6-4-3-5-7-18/h3-7,12-13,16-17,19-20,29H,8-11,14-15H2,1-2H3,(H,26,30)(H,27,28). The van der Waals surface area contributed by atoms with E-state index >= 15 is 0 Å². The number of carbonyl (C=O) groups excluding carboxylic acids is 1. The van der Waals surface area contributed by atoms with Gasteiger partial charge in [0.1, 0.15) is 5.82 Å². The second-order valence-electron chi connectivity index (χ2n) is 9.27. The lowest BCUT2D eigenvalue weighted by Crippen LogP contribution is -2.41. The topological polar surface area (TPSA) is 104 Å². The quantitative estimate of drug-likeness (QED) is 0.460. The third-order valence-corrected chi connectivity index (χ3v) is 7.77. The molecule has 1 aliphatic rings. The fraction of sp³-hybridized carbons (Fsp3) is 0.440. The fourth-order valence-corrected chi connectivity index (χ4v) is 5.60. The minimum Gasteiger partial charge on any atom is -0.356 e. The highest BCUT2D eigenvalue weighted by atomic mass is 32.2. The van der Waals surface area contributed by atoms with Crippen LogP contribution in [0, 0.1) is 11.8 Å². The SMILES string of the molecule is CC(C)CCNC(=O)C1CCC(NS(=O)(=O)c2ccc3[nH]c(-c4ccccc4)nc3c2)CC1. The van der Waals surface area contributed by atoms with Crippen molar-refractivity contribution in [2.45, 2.75) is 56.9 Å². The van der Waals surface area contributed by atoms with Crippen LogP contribution in [-0.4, -0.2) is 36.9 Å². The number of hydrogen-bond donors (Lipinski definition) is 3. The first kappa shape index (κ1) is 23.4. The number of carbonyl (C=O) groups is 1. The van der Waals surface area contributed by atoms with Crippen LogP contribution in [0.3, 0.4) is 0 Å². The molecule has 176 valence electrons. The molecule has 3 aromatic rings. The maximum absolute atomic E-state index is 13.0. The van der Waals surface area contributed by atoms with E-state index in [0.29, 0.717) is 49.5 Å². The summed E-state index contributed by atoms with van der Waals surface area (Å²) in [6.45, 7) is 4.97. The van der Waals surface area contributed by atoms with Crippen LogP contribution < -0.4 is 10.0 Å². The Labute approximate surface area is 195 Å². The summed E-state index contributed by atoms with van der Waals surface area (Å²) in [7, 11) is -3.67. The Morgan fingerprint density at radius 3 is 2.52 bits per heavy atom. The number of nitrogens with zero attached hydrogens (tertiary/aromatic N) is 1. The Hall–Kier alpha value is -2.71. The Bertz CT molecular complexity index is 1200. The number of sulfonamides is 1. The van der Waals surface area contributed by atoms with Crippen molar-refractivity contribution in [2.24, 2.45) is 11.8 Å². The minimum atomic E-state index is -3.67. The molecular weight excluding hydrogens is 436 g/mol. The summed E-state index contributed by atoms with van der Waals surface area (Å²) >= 11 is 0. The highest BCUT2D eigenvalue weighted by Crippen LogP contribution is 2.27. The molecule has 1 heterocycles. The molecule has 0 unspecified atom stereocenters. The molecule has 0 radical (unpaired) electrons. The van der Waals surface area contributed by atoms with Crippen molar-refractivity contribution in [3.63, 3.8) is 0 Å². The molecule has 0 aliphatic heterocycles. The van der Waals surface area contributed by atoms with Gasteiger partial charge in [-0.15, -0.1) is 0 Å². The highest BCUT2D eigenvalue weighted by Gasteiger charge is 2.29. The van der Waals surface area contributed by atoms with Crippen LogP contribution in [0.4, 0.5) is 0 Å². The van der Waals surface area contributed by atoms with E-state index in [1.54, 1.807) is 18.2 Å². The Kier molecular flexibility index (Phi) is 7.14. The second kappa shape index (κ2) is 10.1. The van der Waals surface area contributed by atoms with Gasteiger partial charge in [0.05, 0.1) is 15.9 Å². The average Bonchev–Trinajstić information content (AvgIpc) is 3.23. The van der Waals surface area contributed by atoms with E-state index in [1.807, 2.05) is 30.3 Å². The number of fused-ring (bicyclic) bond motifs is 1. The van der Waals surface area contributed by atoms with Crippen LogP contribution in [0.5, 0.6) is 0 Å². The number of imidazole rings is 1. The molecule has 2 aromatic carbocycles. The monoisotopic (exact) mass is 468 g/mol. The minimum absolute atomic E-state index is 0.0327. The Morgan fingerprint density at radius 1 is 1.09 bits per heavy atom. The summed E-state index contributed by atoms with van der Waals surface area (Å²) in [5, 5.41) is 3.02. The van der Waals surface area contributed by atoms with E-state index < -0.39 is 10.0 Å². The third-order valence-electron chi connectivity index (χ3n) is 6.25. The zero-order valence-electron chi connectivity index (χ0n) is 19.2. The lowest BCUT2D eigenvalue weighted by atomic mass is 9.86. The van der Waals surface area contributed by atoms with Crippen molar-refractivity contribution < 1.29 is 13.2 Å². The summed E-state index contributed by atoms with van der Waals surface area (Å²) in [6.07, 6.45) is 3.67. The van der Waals surface area contributed by atoms with E-state index in [-0.39, 0.29) is 22.8 Å². The van der Waals surface area contributed by atoms with Crippen LogP contribution in [0.2, 0.25) is 0 Å². The van der Waals surface area contributed by atoms with Crippen LogP contribution in [-0.2, 0) is 14.8 Å². The second-order valence-corrected chi connectivity index (χ2v) is 11.0. The van der Waals surface area contributed by atoms with Crippen LogP contribution in [0.15, 0.2) is 53.4 Å². The first-order valence-electron chi connectivity index (χ1n) is 11.7. The van der Waals surface area contributed by atoms with Gasteiger partial charge in [0, 0.05) is 24.1 Å². The first-order chi connectivity index (χ1) is 15.8. The summed E-state index contributed by atoms with van der Waals surface area (Å²) in [5.41, 5.74) is 2.34. The molecule has 1 fully saturated rings. The number of aromatic amines is 1. The van der Waals surface area contributed by atoms with Gasteiger partial charge in [0.2, 0.25) is 15.9 Å². The van der Waals surface area contributed by atoms with Crippen LogP contribution in [0.1, 0.15) is 46.0 Å². The number of hydrogen-bond acceptors (Lipinski definition) is 4. The number of H-pyrrole nitrogens is 1. The van der Waals surface area contributed by atoms with E-state index in [4.69, 9.17) is 0 Å². The van der Waals surface area contributed by atoms with Gasteiger partial charge in [-0.1, -0.05) is 44.2 Å². The molecule has 0 spiro atoms. The number of rotatable bonds is 8. The molecule has 33 heavy (non-hydrogen) atoms. The average molecular weight is 469 g/mol. The van der Waals surface area contributed by atoms with Gasteiger partial charge in [-0.3, -0.25) is 4.79 Å².